The summed E-state index contributed by atoms with van der Waals surface area (Å²) < 4.78 is 1.13. The van der Waals surface area contributed by atoms with Crippen LogP contribution in [0.15, 0.2) is 59.1 Å². The highest BCUT2D eigenvalue weighted by atomic mass is 79.9. The molecule has 2 aromatic rings. The van der Waals surface area contributed by atoms with Crippen LogP contribution >= 0.6 is 15.9 Å². The molecule has 0 saturated carbocycles. The summed E-state index contributed by atoms with van der Waals surface area (Å²) in [6, 6.07) is 18.7. The molecule has 0 spiro atoms. The summed E-state index contributed by atoms with van der Waals surface area (Å²) in [5.41, 5.74) is 2.53. The van der Waals surface area contributed by atoms with Crippen molar-refractivity contribution in [1.82, 2.24) is 0 Å². The second kappa shape index (κ2) is 5.71. The van der Waals surface area contributed by atoms with Crippen molar-refractivity contribution >= 4 is 21.6 Å². The van der Waals surface area contributed by atoms with Crippen LogP contribution in [0.2, 0.25) is 0 Å². The Hall–Kier alpha value is -1.28. The average molecular weight is 276 g/mol. The third-order valence-corrected chi connectivity index (χ3v) is 2.96. The molecule has 0 unspecified atom stereocenters. The Bertz CT molecular complexity index is 422. The summed E-state index contributed by atoms with van der Waals surface area (Å²) in [5.74, 6) is 0. The smallest absolute Gasteiger partial charge is 0.0340 e. The topological polar surface area (TPSA) is 12.0 Å². The standard InChI is InChI=1S/C14H14BrN/c15-13-8-6-12(7-9-13)10-11-16-14-4-2-1-3-5-14/h1-9,16H,10-11H2. The van der Waals surface area contributed by atoms with Gasteiger partial charge >= 0.3 is 0 Å². The van der Waals surface area contributed by atoms with E-state index < -0.39 is 0 Å². The highest BCUT2D eigenvalue weighted by Crippen LogP contribution is 2.11. The zero-order chi connectivity index (χ0) is 11.2. The van der Waals surface area contributed by atoms with Crippen molar-refractivity contribution in [3.05, 3.63) is 64.6 Å². The molecule has 1 N–H and O–H groups in total. The molecule has 0 atom stereocenters. The first-order chi connectivity index (χ1) is 7.84. The monoisotopic (exact) mass is 275 g/mol. The van der Waals surface area contributed by atoms with Gasteiger partial charge < -0.3 is 5.32 Å². The van der Waals surface area contributed by atoms with Crippen LogP contribution in [-0.4, -0.2) is 6.54 Å². The summed E-state index contributed by atoms with van der Waals surface area (Å²) >= 11 is 3.43. The van der Waals surface area contributed by atoms with Crippen molar-refractivity contribution in [3.8, 4) is 0 Å². The maximum Gasteiger partial charge on any atom is 0.0340 e. The van der Waals surface area contributed by atoms with E-state index in [0.29, 0.717) is 0 Å². The van der Waals surface area contributed by atoms with Gasteiger partial charge in [-0.25, -0.2) is 0 Å². The first-order valence-electron chi connectivity index (χ1n) is 5.38. The van der Waals surface area contributed by atoms with Gasteiger partial charge in [0.25, 0.3) is 0 Å². The Morgan fingerprint density at radius 2 is 1.56 bits per heavy atom. The average Bonchev–Trinajstić information content (AvgIpc) is 2.33. The fourth-order valence-corrected chi connectivity index (χ4v) is 1.82. The van der Waals surface area contributed by atoms with Crippen molar-refractivity contribution in [3.63, 3.8) is 0 Å². The molecule has 82 valence electrons. The molecule has 0 aliphatic heterocycles. The molecule has 16 heavy (non-hydrogen) atoms. The van der Waals surface area contributed by atoms with Crippen LogP contribution < -0.4 is 5.32 Å². The molecule has 0 fully saturated rings. The predicted molar refractivity (Wildman–Crippen MR) is 72.8 cm³/mol. The number of halogens is 1. The van der Waals surface area contributed by atoms with E-state index in [1.165, 1.54) is 11.3 Å². The Labute approximate surface area is 105 Å². The fourth-order valence-electron chi connectivity index (χ4n) is 1.56. The maximum absolute atomic E-state index is 3.43. The molecule has 0 heterocycles. The van der Waals surface area contributed by atoms with Gasteiger partial charge in [0.05, 0.1) is 0 Å². The summed E-state index contributed by atoms with van der Waals surface area (Å²) in [7, 11) is 0. The van der Waals surface area contributed by atoms with E-state index in [9.17, 15) is 0 Å². The molecule has 0 bridgehead atoms. The van der Waals surface area contributed by atoms with Gasteiger partial charge in [-0.2, -0.15) is 0 Å². The minimum absolute atomic E-state index is 0.964. The summed E-state index contributed by atoms with van der Waals surface area (Å²) in [5, 5.41) is 3.40. The lowest BCUT2D eigenvalue weighted by Crippen LogP contribution is -2.04. The van der Waals surface area contributed by atoms with Crippen molar-refractivity contribution < 1.29 is 0 Å². The predicted octanol–water partition coefficient (Wildman–Crippen LogP) is 4.10. The highest BCUT2D eigenvalue weighted by molar-refractivity contribution is 9.10. The van der Waals surface area contributed by atoms with Crippen LogP contribution in [0.25, 0.3) is 0 Å². The zero-order valence-electron chi connectivity index (χ0n) is 8.99. The maximum atomic E-state index is 3.43. The van der Waals surface area contributed by atoms with Gasteiger partial charge in [0.2, 0.25) is 0 Å². The molecular weight excluding hydrogens is 262 g/mol. The number of nitrogens with one attached hydrogen (secondary N) is 1. The molecule has 0 radical (unpaired) electrons. The van der Waals surface area contributed by atoms with Gasteiger partial charge in [0.15, 0.2) is 0 Å². The Kier molecular flexibility index (Phi) is 4.00. The second-order valence-electron chi connectivity index (χ2n) is 3.67. The number of hydrogen-bond donors (Lipinski definition) is 1. The minimum Gasteiger partial charge on any atom is -0.385 e. The van der Waals surface area contributed by atoms with Crippen LogP contribution in [0.5, 0.6) is 0 Å². The molecule has 0 aliphatic rings. The van der Waals surface area contributed by atoms with Gasteiger partial charge in [-0.15, -0.1) is 0 Å². The second-order valence-corrected chi connectivity index (χ2v) is 4.58. The number of anilines is 1. The molecule has 0 amide bonds. The molecule has 2 heteroatoms. The van der Waals surface area contributed by atoms with E-state index in [-0.39, 0.29) is 0 Å². The third kappa shape index (κ3) is 3.38. The van der Waals surface area contributed by atoms with Crippen molar-refractivity contribution in [2.24, 2.45) is 0 Å². The first-order valence-corrected chi connectivity index (χ1v) is 6.17. The van der Waals surface area contributed by atoms with E-state index in [4.69, 9.17) is 0 Å². The number of rotatable bonds is 4. The largest absolute Gasteiger partial charge is 0.385 e. The number of hydrogen-bond acceptors (Lipinski definition) is 1. The van der Waals surface area contributed by atoms with Gasteiger partial charge in [0.1, 0.15) is 0 Å². The van der Waals surface area contributed by atoms with E-state index >= 15 is 0 Å². The molecule has 0 aromatic heterocycles. The zero-order valence-corrected chi connectivity index (χ0v) is 10.6. The van der Waals surface area contributed by atoms with Crippen LogP contribution in [0, 0.1) is 0 Å². The van der Waals surface area contributed by atoms with Crippen molar-refractivity contribution in [2.75, 3.05) is 11.9 Å². The van der Waals surface area contributed by atoms with Crippen LogP contribution in [0.3, 0.4) is 0 Å². The first kappa shape index (κ1) is 11.2. The minimum atomic E-state index is 0.964. The summed E-state index contributed by atoms with van der Waals surface area (Å²) in [6.45, 7) is 0.964. The van der Waals surface area contributed by atoms with Gasteiger partial charge in [-0.05, 0) is 36.2 Å². The highest BCUT2D eigenvalue weighted by Gasteiger charge is 1.93. The Morgan fingerprint density at radius 1 is 0.875 bits per heavy atom. The lowest BCUT2D eigenvalue weighted by molar-refractivity contribution is 1.02. The van der Waals surface area contributed by atoms with Gasteiger partial charge in [-0.1, -0.05) is 46.3 Å². The molecule has 2 aromatic carbocycles. The van der Waals surface area contributed by atoms with Gasteiger partial charge in [-0.3, -0.25) is 0 Å². The molecular formula is C14H14BrN. The molecule has 2 rings (SSSR count). The normalized spacial score (nSPS) is 10.1. The quantitative estimate of drug-likeness (QED) is 0.886. The summed E-state index contributed by atoms with van der Waals surface area (Å²) in [6.07, 6.45) is 1.04. The third-order valence-electron chi connectivity index (χ3n) is 2.43. The van der Waals surface area contributed by atoms with E-state index in [2.05, 4.69) is 57.6 Å². The lowest BCUT2D eigenvalue weighted by atomic mass is 10.1. The Morgan fingerprint density at radius 3 is 2.25 bits per heavy atom. The fraction of sp³-hybridized carbons (Fsp3) is 0.143. The van der Waals surface area contributed by atoms with Gasteiger partial charge in [0, 0.05) is 16.7 Å². The van der Waals surface area contributed by atoms with E-state index in [1.807, 2.05) is 18.2 Å². The number of benzene rings is 2. The number of para-hydroxylation sites is 1. The molecule has 0 aliphatic carbocycles. The van der Waals surface area contributed by atoms with E-state index in [1.54, 1.807) is 0 Å². The van der Waals surface area contributed by atoms with Crippen LogP contribution in [0.4, 0.5) is 5.69 Å². The SMILES string of the molecule is Brc1ccc(CCNc2ccccc2)cc1. The molecule has 1 nitrogen and oxygen atoms in total. The lowest BCUT2D eigenvalue weighted by Gasteiger charge is -2.06. The van der Waals surface area contributed by atoms with Crippen molar-refractivity contribution in [1.29, 1.82) is 0 Å². The Balaban J connectivity index is 1.82. The van der Waals surface area contributed by atoms with Crippen molar-refractivity contribution in [2.45, 2.75) is 6.42 Å². The summed E-state index contributed by atoms with van der Waals surface area (Å²) in [4.78, 5) is 0. The molecule has 0 saturated heterocycles. The van der Waals surface area contributed by atoms with Crippen LogP contribution in [-0.2, 0) is 6.42 Å². The van der Waals surface area contributed by atoms with E-state index in [0.717, 1.165) is 17.4 Å². The van der Waals surface area contributed by atoms with Crippen LogP contribution in [0.1, 0.15) is 5.56 Å².